The lowest BCUT2D eigenvalue weighted by molar-refractivity contribution is 0.0853. The highest BCUT2D eigenvalue weighted by atomic mass is 79.9. The highest BCUT2D eigenvalue weighted by Crippen LogP contribution is 2.34. The van der Waals surface area contributed by atoms with Gasteiger partial charge in [-0.25, -0.2) is 8.42 Å². The van der Waals surface area contributed by atoms with E-state index in [1.807, 2.05) is 6.07 Å². The lowest BCUT2D eigenvalue weighted by Crippen LogP contribution is -2.37. The summed E-state index contributed by atoms with van der Waals surface area (Å²) in [5, 5.41) is 13.7. The molecule has 2 heterocycles. The number of aliphatic hydroxyl groups is 1. The Hall–Kier alpha value is -2.44. The second-order valence-corrected chi connectivity index (χ2v) is 11.3. The number of benzene rings is 2. The van der Waals surface area contributed by atoms with Gasteiger partial charge in [0.25, 0.3) is 15.9 Å². The van der Waals surface area contributed by atoms with E-state index in [4.69, 9.17) is 11.6 Å². The highest BCUT2D eigenvalue weighted by Gasteiger charge is 2.31. The Bertz CT molecular complexity index is 1330. The second-order valence-electron chi connectivity index (χ2n) is 7.49. The van der Waals surface area contributed by atoms with E-state index in [-0.39, 0.29) is 21.2 Å². The van der Waals surface area contributed by atoms with Crippen molar-refractivity contribution in [2.75, 3.05) is 4.72 Å². The van der Waals surface area contributed by atoms with Crippen molar-refractivity contribution in [3.63, 3.8) is 0 Å². The number of nitrogens with zero attached hydrogens (tertiary/aromatic N) is 1. The molecule has 34 heavy (non-hydrogen) atoms. The van der Waals surface area contributed by atoms with E-state index in [1.165, 1.54) is 36.4 Å². The molecule has 4 N–H and O–H groups in total. The molecule has 2 aliphatic heterocycles. The first-order valence-electron chi connectivity index (χ1n) is 10.0. The summed E-state index contributed by atoms with van der Waals surface area (Å²) in [7, 11) is -4.05. The van der Waals surface area contributed by atoms with Crippen molar-refractivity contribution in [2.45, 2.75) is 19.1 Å². The number of nitrogens with one attached hydrogen (secondary N) is 3. The van der Waals surface area contributed by atoms with Gasteiger partial charge in [0.15, 0.2) is 0 Å². The normalized spacial score (nSPS) is 16.6. The van der Waals surface area contributed by atoms with Crippen molar-refractivity contribution in [2.24, 2.45) is 0 Å². The Morgan fingerprint density at radius 2 is 2.06 bits per heavy atom. The number of hydrogen-bond donors (Lipinski definition) is 4. The molecule has 1 amide bonds. The first kappa shape index (κ1) is 24.7. The van der Waals surface area contributed by atoms with Gasteiger partial charge in [0, 0.05) is 21.9 Å². The van der Waals surface area contributed by atoms with Crippen LogP contribution in [0.1, 0.15) is 28.9 Å². The fourth-order valence-corrected chi connectivity index (χ4v) is 5.97. The summed E-state index contributed by atoms with van der Waals surface area (Å²) in [5.41, 5.74) is 1.17. The highest BCUT2D eigenvalue weighted by molar-refractivity contribution is 9.10. The fourth-order valence-electron chi connectivity index (χ4n) is 3.40. The maximum Gasteiger partial charge on any atom is 0.264 e. The van der Waals surface area contributed by atoms with Gasteiger partial charge in [-0.1, -0.05) is 39.7 Å². The standard InChI is InChI=1S/C22H20BrClN4O4S2/c1-13(21(29)14-4-2-5-15(23)10-14)26-22(30)17-8-7-16(24)11-18(17)27-34(31,32)20-6-3-9-28-19(20)12-25-33-28/h2-13,21,25,27,29H,1H3,(H,26,30). The smallest absolute Gasteiger partial charge is 0.264 e. The van der Waals surface area contributed by atoms with Gasteiger partial charge in [0.1, 0.15) is 4.91 Å². The van der Waals surface area contributed by atoms with E-state index in [2.05, 4.69) is 30.7 Å². The van der Waals surface area contributed by atoms with Gasteiger partial charge in [-0.2, -0.15) is 0 Å². The fraction of sp³-hybridized carbons (Fsp3) is 0.136. The molecule has 0 radical (unpaired) electrons. The predicted octanol–water partition coefficient (Wildman–Crippen LogP) is 4.42. The minimum absolute atomic E-state index is 0.0235. The van der Waals surface area contributed by atoms with E-state index < -0.39 is 28.1 Å². The average Bonchev–Trinajstić information content (AvgIpc) is 3.27. The maximum atomic E-state index is 13.2. The Morgan fingerprint density at radius 3 is 2.82 bits per heavy atom. The molecule has 0 aliphatic carbocycles. The van der Waals surface area contributed by atoms with E-state index in [0.717, 1.165) is 4.47 Å². The van der Waals surface area contributed by atoms with Crippen LogP contribution in [0, 0.1) is 0 Å². The monoisotopic (exact) mass is 582 g/mol. The van der Waals surface area contributed by atoms with Gasteiger partial charge < -0.3 is 15.1 Å². The molecule has 0 saturated heterocycles. The van der Waals surface area contributed by atoms with E-state index in [0.29, 0.717) is 11.3 Å². The van der Waals surface area contributed by atoms with Gasteiger partial charge >= 0.3 is 0 Å². The molecule has 2 aromatic carbocycles. The van der Waals surface area contributed by atoms with Crippen LogP contribution in [0.25, 0.3) is 0 Å². The van der Waals surface area contributed by atoms with Crippen LogP contribution in [0.4, 0.5) is 5.69 Å². The molecule has 0 spiro atoms. The quantitative estimate of drug-likeness (QED) is 0.357. The molecule has 12 heteroatoms. The number of hydrogen-bond acceptors (Lipinski definition) is 7. The summed E-state index contributed by atoms with van der Waals surface area (Å²) < 4.78 is 34.2. The molecular weight excluding hydrogens is 564 g/mol. The summed E-state index contributed by atoms with van der Waals surface area (Å²) >= 11 is 10.7. The van der Waals surface area contributed by atoms with E-state index in [9.17, 15) is 18.3 Å². The zero-order chi connectivity index (χ0) is 24.5. The third-order valence-corrected chi connectivity index (χ3v) is 7.97. The number of fused-ring (bicyclic) bond motifs is 1. The van der Waals surface area contributed by atoms with Crippen LogP contribution < -0.4 is 14.8 Å². The number of carbonyl (C=O) groups excluding carboxylic acids is 1. The Balaban J connectivity index is 1.57. The summed E-state index contributed by atoms with van der Waals surface area (Å²) in [6.45, 7) is 1.66. The molecule has 2 unspecified atom stereocenters. The number of sulfonamides is 1. The Labute approximate surface area is 215 Å². The summed E-state index contributed by atoms with van der Waals surface area (Å²) in [4.78, 5) is 13.1. The summed E-state index contributed by atoms with van der Waals surface area (Å²) in [6, 6.07) is 10.8. The van der Waals surface area contributed by atoms with Gasteiger partial charge in [-0.3, -0.25) is 13.8 Å². The van der Waals surface area contributed by atoms with Crippen molar-refractivity contribution in [3.05, 3.63) is 98.2 Å². The van der Waals surface area contributed by atoms with Crippen LogP contribution in [0.3, 0.4) is 0 Å². The molecule has 0 bridgehead atoms. The number of allylic oxidation sites excluding steroid dienone is 2. The zero-order valence-electron chi connectivity index (χ0n) is 17.7. The number of carbonyl (C=O) groups is 1. The summed E-state index contributed by atoms with van der Waals surface area (Å²) in [6.07, 6.45) is 5.42. The summed E-state index contributed by atoms with van der Waals surface area (Å²) in [5.74, 6) is -0.563. The largest absolute Gasteiger partial charge is 0.386 e. The SMILES string of the molecule is CC(NC(=O)c1ccc(Cl)cc1NS(=O)(=O)C1=CC=CN2SNC=C12)C(O)c1cccc(Br)c1. The first-order valence-corrected chi connectivity index (χ1v) is 13.5. The molecular formula is C22H20BrClN4O4S2. The third-order valence-electron chi connectivity index (χ3n) is 5.09. The van der Waals surface area contributed by atoms with Gasteiger partial charge in [-0.15, -0.1) is 0 Å². The molecule has 2 atom stereocenters. The molecule has 8 nitrogen and oxygen atoms in total. The van der Waals surface area contributed by atoms with Gasteiger partial charge in [0.05, 0.1) is 41.2 Å². The first-order chi connectivity index (χ1) is 16.2. The van der Waals surface area contributed by atoms with Crippen molar-refractivity contribution in [3.8, 4) is 0 Å². The number of amides is 1. The average molecular weight is 584 g/mol. The maximum absolute atomic E-state index is 13.2. The minimum atomic E-state index is -4.05. The van der Waals surface area contributed by atoms with Gasteiger partial charge in [0.2, 0.25) is 0 Å². The molecule has 0 fully saturated rings. The van der Waals surface area contributed by atoms with Crippen LogP contribution in [0.5, 0.6) is 0 Å². The van der Waals surface area contributed by atoms with Crippen LogP contribution >= 0.6 is 39.7 Å². The number of anilines is 1. The minimum Gasteiger partial charge on any atom is -0.386 e. The molecule has 0 aromatic heterocycles. The lowest BCUT2D eigenvalue weighted by Gasteiger charge is -2.23. The lowest BCUT2D eigenvalue weighted by atomic mass is 10.0. The number of rotatable bonds is 7. The Kier molecular flexibility index (Phi) is 7.29. The van der Waals surface area contributed by atoms with Gasteiger partial charge in [-0.05, 0) is 55.0 Å². The van der Waals surface area contributed by atoms with Crippen molar-refractivity contribution in [1.82, 2.24) is 14.3 Å². The second kappa shape index (κ2) is 10.0. The zero-order valence-corrected chi connectivity index (χ0v) is 21.7. The van der Waals surface area contributed by atoms with Crippen LogP contribution in [0.2, 0.25) is 5.02 Å². The molecule has 4 rings (SSSR count). The van der Waals surface area contributed by atoms with Crippen LogP contribution in [0.15, 0.2) is 82.1 Å². The van der Waals surface area contributed by atoms with Crippen LogP contribution in [-0.2, 0) is 10.0 Å². The van der Waals surface area contributed by atoms with Crippen LogP contribution in [-0.4, -0.2) is 29.8 Å². The molecule has 2 aromatic rings. The molecule has 178 valence electrons. The topological polar surface area (TPSA) is 111 Å². The van der Waals surface area contributed by atoms with E-state index >= 15 is 0 Å². The molecule has 2 aliphatic rings. The third kappa shape index (κ3) is 5.28. The van der Waals surface area contributed by atoms with Crippen molar-refractivity contribution in [1.29, 1.82) is 0 Å². The molecule has 0 saturated carbocycles. The Morgan fingerprint density at radius 1 is 1.26 bits per heavy atom. The predicted molar refractivity (Wildman–Crippen MR) is 138 cm³/mol. The van der Waals surface area contributed by atoms with Crippen molar-refractivity contribution < 1.29 is 18.3 Å². The number of aliphatic hydroxyl groups excluding tert-OH is 1. The van der Waals surface area contributed by atoms with Crippen molar-refractivity contribution >= 4 is 61.3 Å². The number of halogens is 2. The van der Waals surface area contributed by atoms with E-state index in [1.54, 1.807) is 47.9 Å².